The van der Waals surface area contributed by atoms with Crippen LogP contribution in [0.1, 0.15) is 23.8 Å². The summed E-state index contributed by atoms with van der Waals surface area (Å²) in [5.74, 6) is -0.296. The number of nitrogens with zero attached hydrogens (tertiary/aromatic N) is 2. The Balaban J connectivity index is 1.91. The third-order valence-corrected chi connectivity index (χ3v) is 3.29. The van der Waals surface area contributed by atoms with Gasteiger partial charge in [0.05, 0.1) is 0 Å². The molecule has 1 saturated heterocycles. The molecule has 1 unspecified atom stereocenters. The van der Waals surface area contributed by atoms with E-state index in [-0.39, 0.29) is 24.0 Å². The van der Waals surface area contributed by atoms with Crippen LogP contribution in [0.5, 0.6) is 0 Å². The van der Waals surface area contributed by atoms with Crippen molar-refractivity contribution in [2.24, 2.45) is 5.92 Å². The number of ketones is 1. The zero-order valence-corrected chi connectivity index (χ0v) is 11.1. The molecular formula is C14H19N3O2. The Morgan fingerprint density at radius 1 is 1.37 bits per heavy atom. The maximum absolute atomic E-state index is 12.2. The molecule has 5 nitrogen and oxygen atoms in total. The van der Waals surface area contributed by atoms with Crippen LogP contribution < -0.4 is 5.32 Å². The van der Waals surface area contributed by atoms with Gasteiger partial charge in [-0.1, -0.05) is 13.0 Å². The topological polar surface area (TPSA) is 62.3 Å². The zero-order valence-electron chi connectivity index (χ0n) is 11.1. The second kappa shape index (κ2) is 6.43. The third kappa shape index (κ3) is 3.61. The van der Waals surface area contributed by atoms with E-state index in [1.54, 1.807) is 24.4 Å². The maximum atomic E-state index is 12.2. The number of hydrogen-bond donors (Lipinski definition) is 1. The van der Waals surface area contributed by atoms with E-state index in [2.05, 4.69) is 10.3 Å². The Bertz CT molecular complexity index is 441. The second-order valence-corrected chi connectivity index (χ2v) is 4.82. The van der Waals surface area contributed by atoms with Gasteiger partial charge < -0.3 is 10.2 Å². The van der Waals surface area contributed by atoms with E-state index in [0.29, 0.717) is 5.69 Å². The van der Waals surface area contributed by atoms with E-state index in [4.69, 9.17) is 0 Å². The molecule has 1 aliphatic heterocycles. The number of hydrogen-bond acceptors (Lipinski definition) is 4. The van der Waals surface area contributed by atoms with E-state index < -0.39 is 0 Å². The van der Waals surface area contributed by atoms with Crippen molar-refractivity contribution in [3.8, 4) is 0 Å². The molecule has 1 aromatic rings. The lowest BCUT2D eigenvalue weighted by Crippen LogP contribution is -2.48. The Kier molecular flexibility index (Phi) is 4.63. The largest absolute Gasteiger partial charge is 0.340 e. The Labute approximate surface area is 113 Å². The zero-order chi connectivity index (χ0) is 13.7. The van der Waals surface area contributed by atoms with E-state index in [9.17, 15) is 9.59 Å². The molecule has 1 fully saturated rings. The summed E-state index contributed by atoms with van der Waals surface area (Å²) in [6.45, 7) is 4.91. The van der Waals surface area contributed by atoms with Gasteiger partial charge >= 0.3 is 0 Å². The van der Waals surface area contributed by atoms with Crippen molar-refractivity contribution in [1.82, 2.24) is 15.2 Å². The Hall–Kier alpha value is -1.75. The van der Waals surface area contributed by atoms with E-state index in [0.717, 1.165) is 26.2 Å². The number of nitrogens with one attached hydrogen (secondary N) is 1. The quantitative estimate of drug-likeness (QED) is 0.811. The predicted octanol–water partition coefficient (Wildman–Crippen LogP) is 0.722. The van der Waals surface area contributed by atoms with Gasteiger partial charge in [0.15, 0.2) is 5.78 Å². The Morgan fingerprint density at radius 3 is 2.74 bits per heavy atom. The van der Waals surface area contributed by atoms with Crippen molar-refractivity contribution in [3.05, 3.63) is 30.1 Å². The molecule has 0 saturated carbocycles. The Morgan fingerprint density at radius 2 is 2.11 bits per heavy atom. The van der Waals surface area contributed by atoms with Gasteiger partial charge in [0.1, 0.15) is 5.69 Å². The van der Waals surface area contributed by atoms with E-state index in [1.165, 1.54) is 0 Å². The van der Waals surface area contributed by atoms with Gasteiger partial charge in [0.2, 0.25) is 5.91 Å². The lowest BCUT2D eigenvalue weighted by atomic mass is 10.0. The molecule has 0 radical (unpaired) electrons. The van der Waals surface area contributed by atoms with Crippen molar-refractivity contribution in [1.29, 1.82) is 0 Å². The average Bonchev–Trinajstić information content (AvgIpc) is 2.48. The van der Waals surface area contributed by atoms with Gasteiger partial charge in [-0.05, 0) is 12.1 Å². The fraction of sp³-hybridized carbons (Fsp3) is 0.500. The minimum Gasteiger partial charge on any atom is -0.340 e. The number of amides is 1. The van der Waals surface area contributed by atoms with Crippen molar-refractivity contribution in [2.75, 3.05) is 26.2 Å². The van der Waals surface area contributed by atoms with Crippen molar-refractivity contribution >= 4 is 11.7 Å². The molecule has 1 aliphatic rings. The highest BCUT2D eigenvalue weighted by Crippen LogP contribution is 2.12. The highest BCUT2D eigenvalue weighted by Gasteiger charge is 2.24. The fourth-order valence-corrected chi connectivity index (χ4v) is 2.19. The number of pyridine rings is 1. The molecule has 5 heteroatoms. The maximum Gasteiger partial charge on any atom is 0.225 e. The summed E-state index contributed by atoms with van der Waals surface area (Å²) in [5, 5.41) is 3.20. The van der Waals surface area contributed by atoms with E-state index in [1.807, 2.05) is 11.8 Å². The van der Waals surface area contributed by atoms with Gasteiger partial charge in [-0.25, -0.2) is 0 Å². The molecule has 1 amide bonds. The molecule has 0 spiro atoms. The van der Waals surface area contributed by atoms with Crippen molar-refractivity contribution < 1.29 is 9.59 Å². The summed E-state index contributed by atoms with van der Waals surface area (Å²) >= 11 is 0. The van der Waals surface area contributed by atoms with Gasteiger partial charge in [-0.3, -0.25) is 14.6 Å². The van der Waals surface area contributed by atoms with Crippen LogP contribution in [-0.2, 0) is 4.79 Å². The first-order valence-corrected chi connectivity index (χ1v) is 6.62. The number of Topliss-reactive ketones (excluding diaryl/α,β-unsaturated/α-hetero) is 1. The van der Waals surface area contributed by atoms with Gasteiger partial charge in [-0.15, -0.1) is 0 Å². The summed E-state index contributed by atoms with van der Waals surface area (Å²) in [7, 11) is 0. The standard InChI is InChI=1S/C14H19N3O2/c1-11(14(19)17-8-6-15-7-9-17)10-13(18)12-4-2-3-5-16-12/h2-5,11,15H,6-10H2,1H3. The number of carbonyl (C=O) groups excluding carboxylic acids is 2. The van der Waals surface area contributed by atoms with Crippen LogP contribution in [0.3, 0.4) is 0 Å². The monoisotopic (exact) mass is 261 g/mol. The lowest BCUT2D eigenvalue weighted by molar-refractivity contribution is -0.135. The van der Waals surface area contributed by atoms with Crippen LogP contribution in [0, 0.1) is 5.92 Å². The van der Waals surface area contributed by atoms with Gasteiger partial charge in [-0.2, -0.15) is 0 Å². The summed E-state index contributed by atoms with van der Waals surface area (Å²) in [4.78, 5) is 30.0. The van der Waals surface area contributed by atoms with Crippen LogP contribution in [0.2, 0.25) is 0 Å². The minimum absolute atomic E-state index is 0.0609. The van der Waals surface area contributed by atoms with Gasteiger partial charge in [0, 0.05) is 44.7 Å². The van der Waals surface area contributed by atoms with Gasteiger partial charge in [0.25, 0.3) is 0 Å². The highest BCUT2D eigenvalue weighted by atomic mass is 16.2. The van der Waals surface area contributed by atoms with Crippen molar-refractivity contribution in [3.63, 3.8) is 0 Å². The summed E-state index contributed by atoms with van der Waals surface area (Å²) in [5.41, 5.74) is 0.433. The number of rotatable bonds is 4. The minimum atomic E-state index is -0.285. The summed E-state index contributed by atoms with van der Waals surface area (Å²) in [6, 6.07) is 5.24. The molecule has 1 N–H and O–H groups in total. The first-order valence-electron chi connectivity index (χ1n) is 6.62. The first kappa shape index (κ1) is 13.7. The number of carbonyl (C=O) groups is 2. The summed E-state index contributed by atoms with van der Waals surface area (Å²) < 4.78 is 0. The van der Waals surface area contributed by atoms with Crippen molar-refractivity contribution in [2.45, 2.75) is 13.3 Å². The molecular weight excluding hydrogens is 242 g/mol. The first-order chi connectivity index (χ1) is 9.18. The van der Waals surface area contributed by atoms with Crippen LogP contribution >= 0.6 is 0 Å². The predicted molar refractivity (Wildman–Crippen MR) is 71.8 cm³/mol. The molecule has 0 bridgehead atoms. The molecule has 19 heavy (non-hydrogen) atoms. The van der Waals surface area contributed by atoms with Crippen LogP contribution in [-0.4, -0.2) is 47.8 Å². The number of piperazine rings is 1. The fourth-order valence-electron chi connectivity index (χ4n) is 2.19. The third-order valence-electron chi connectivity index (χ3n) is 3.29. The summed E-state index contributed by atoms with van der Waals surface area (Å²) in [6.07, 6.45) is 1.82. The number of aromatic nitrogens is 1. The smallest absolute Gasteiger partial charge is 0.225 e. The lowest BCUT2D eigenvalue weighted by Gasteiger charge is -2.29. The second-order valence-electron chi connectivity index (χ2n) is 4.82. The van der Waals surface area contributed by atoms with Crippen LogP contribution in [0.25, 0.3) is 0 Å². The molecule has 0 aliphatic carbocycles. The van der Waals surface area contributed by atoms with Crippen LogP contribution in [0.4, 0.5) is 0 Å². The normalized spacial score (nSPS) is 17.0. The molecule has 2 rings (SSSR count). The highest BCUT2D eigenvalue weighted by molar-refractivity contribution is 5.96. The van der Waals surface area contributed by atoms with Crippen LogP contribution in [0.15, 0.2) is 24.4 Å². The average molecular weight is 261 g/mol. The SMILES string of the molecule is CC(CC(=O)c1ccccn1)C(=O)N1CCNCC1. The molecule has 102 valence electrons. The molecule has 2 heterocycles. The molecule has 1 aromatic heterocycles. The van der Waals surface area contributed by atoms with E-state index >= 15 is 0 Å². The molecule has 1 atom stereocenters. The molecule has 0 aromatic carbocycles.